The predicted octanol–water partition coefficient (Wildman–Crippen LogP) is 2.84. The highest BCUT2D eigenvalue weighted by atomic mass is 32.1. The van der Waals surface area contributed by atoms with Gasteiger partial charge in [0, 0.05) is 25.8 Å². The second-order valence-electron chi connectivity index (χ2n) is 5.16. The molecule has 0 radical (unpaired) electrons. The Kier molecular flexibility index (Phi) is 4.43. The molecule has 21 heavy (non-hydrogen) atoms. The van der Waals surface area contributed by atoms with Gasteiger partial charge in [-0.2, -0.15) is 0 Å². The molecule has 0 amide bonds. The van der Waals surface area contributed by atoms with Crippen molar-refractivity contribution in [1.82, 2.24) is 9.88 Å². The number of pyridine rings is 1. The summed E-state index contributed by atoms with van der Waals surface area (Å²) in [5.41, 5.74) is 2.14. The van der Waals surface area contributed by atoms with E-state index in [9.17, 15) is 4.79 Å². The maximum absolute atomic E-state index is 11.3. The van der Waals surface area contributed by atoms with Crippen LogP contribution in [0.25, 0.3) is 10.6 Å². The SMILES string of the molecule is CC(=O)c1ccc(-c2ccc(CN3CCOCC3)cn2)s1. The number of thiophene rings is 1. The molecular formula is C16H18N2O2S. The minimum Gasteiger partial charge on any atom is -0.379 e. The molecule has 1 fully saturated rings. The fraction of sp³-hybridized carbons (Fsp3) is 0.375. The number of ketones is 1. The van der Waals surface area contributed by atoms with Gasteiger partial charge in [-0.1, -0.05) is 6.07 Å². The summed E-state index contributed by atoms with van der Waals surface area (Å²) in [5, 5.41) is 0. The standard InChI is InChI=1S/C16H18N2O2S/c1-12(19)15-4-5-16(21-15)14-3-2-13(10-17-14)11-18-6-8-20-9-7-18/h2-5,10H,6-9,11H2,1H3. The Morgan fingerprint density at radius 2 is 2.10 bits per heavy atom. The zero-order valence-corrected chi connectivity index (χ0v) is 12.9. The van der Waals surface area contributed by atoms with E-state index < -0.39 is 0 Å². The van der Waals surface area contributed by atoms with Crippen molar-refractivity contribution in [3.63, 3.8) is 0 Å². The second-order valence-corrected chi connectivity index (χ2v) is 6.24. The van der Waals surface area contributed by atoms with Crippen LogP contribution < -0.4 is 0 Å². The highest BCUT2D eigenvalue weighted by Crippen LogP contribution is 2.27. The van der Waals surface area contributed by atoms with Gasteiger partial charge in [0.1, 0.15) is 0 Å². The monoisotopic (exact) mass is 302 g/mol. The summed E-state index contributed by atoms with van der Waals surface area (Å²) in [4.78, 5) is 20.1. The van der Waals surface area contributed by atoms with E-state index in [2.05, 4.69) is 16.0 Å². The second kappa shape index (κ2) is 6.47. The molecule has 0 aromatic carbocycles. The number of hydrogen-bond donors (Lipinski definition) is 0. The zero-order chi connectivity index (χ0) is 14.7. The molecule has 4 nitrogen and oxygen atoms in total. The number of nitrogens with zero attached hydrogens (tertiary/aromatic N) is 2. The van der Waals surface area contributed by atoms with Gasteiger partial charge in [0.15, 0.2) is 5.78 Å². The van der Waals surface area contributed by atoms with E-state index in [-0.39, 0.29) is 5.78 Å². The Bertz CT molecular complexity index is 615. The molecule has 2 aromatic heterocycles. The molecule has 1 saturated heterocycles. The Labute approximate surface area is 128 Å². The highest BCUT2D eigenvalue weighted by Gasteiger charge is 2.11. The summed E-state index contributed by atoms with van der Waals surface area (Å²) in [7, 11) is 0. The van der Waals surface area contributed by atoms with Crippen LogP contribution >= 0.6 is 11.3 Å². The van der Waals surface area contributed by atoms with Gasteiger partial charge in [-0.05, 0) is 30.7 Å². The molecule has 0 atom stereocenters. The molecular weight excluding hydrogens is 284 g/mol. The third kappa shape index (κ3) is 3.56. The minimum atomic E-state index is 0.107. The predicted molar refractivity (Wildman–Crippen MR) is 83.7 cm³/mol. The summed E-state index contributed by atoms with van der Waals surface area (Å²) in [6, 6.07) is 7.98. The fourth-order valence-corrected chi connectivity index (χ4v) is 3.22. The van der Waals surface area contributed by atoms with Crippen LogP contribution in [0.15, 0.2) is 30.5 Å². The topological polar surface area (TPSA) is 42.4 Å². The van der Waals surface area contributed by atoms with Gasteiger partial charge in [-0.25, -0.2) is 0 Å². The number of carbonyl (C=O) groups is 1. The van der Waals surface area contributed by atoms with Crippen LogP contribution in [-0.2, 0) is 11.3 Å². The molecule has 0 N–H and O–H groups in total. The van der Waals surface area contributed by atoms with Gasteiger partial charge in [0.25, 0.3) is 0 Å². The van der Waals surface area contributed by atoms with E-state index in [0.717, 1.165) is 48.3 Å². The van der Waals surface area contributed by atoms with Crippen LogP contribution in [-0.4, -0.2) is 42.0 Å². The number of ether oxygens (including phenoxy) is 1. The van der Waals surface area contributed by atoms with E-state index in [0.29, 0.717) is 0 Å². The van der Waals surface area contributed by atoms with Crippen molar-refractivity contribution in [3.8, 4) is 10.6 Å². The summed E-state index contributed by atoms with van der Waals surface area (Å²) in [6.45, 7) is 6.10. The molecule has 0 spiro atoms. The molecule has 0 saturated carbocycles. The Balaban J connectivity index is 1.69. The number of carbonyl (C=O) groups excluding carboxylic acids is 1. The molecule has 2 aromatic rings. The number of morpholine rings is 1. The molecule has 5 heteroatoms. The highest BCUT2D eigenvalue weighted by molar-refractivity contribution is 7.17. The fourth-order valence-electron chi connectivity index (χ4n) is 2.35. The third-order valence-electron chi connectivity index (χ3n) is 3.54. The lowest BCUT2D eigenvalue weighted by Crippen LogP contribution is -2.35. The van der Waals surface area contributed by atoms with Gasteiger partial charge < -0.3 is 4.74 Å². The van der Waals surface area contributed by atoms with Gasteiger partial charge in [-0.15, -0.1) is 11.3 Å². The van der Waals surface area contributed by atoms with Crippen molar-refractivity contribution in [1.29, 1.82) is 0 Å². The van der Waals surface area contributed by atoms with Crippen molar-refractivity contribution in [2.75, 3.05) is 26.3 Å². The summed E-state index contributed by atoms with van der Waals surface area (Å²) < 4.78 is 5.35. The van der Waals surface area contributed by atoms with Gasteiger partial charge in [0.05, 0.1) is 28.7 Å². The summed E-state index contributed by atoms with van der Waals surface area (Å²) >= 11 is 1.50. The van der Waals surface area contributed by atoms with Gasteiger partial charge in [-0.3, -0.25) is 14.7 Å². The van der Waals surface area contributed by atoms with E-state index in [1.165, 1.54) is 16.9 Å². The smallest absolute Gasteiger partial charge is 0.169 e. The van der Waals surface area contributed by atoms with Crippen LogP contribution in [0.4, 0.5) is 0 Å². The Hall–Kier alpha value is -1.56. The molecule has 0 bridgehead atoms. The van der Waals surface area contributed by atoms with Crippen LogP contribution in [0.2, 0.25) is 0 Å². The summed E-state index contributed by atoms with van der Waals surface area (Å²) in [6.07, 6.45) is 1.93. The quantitative estimate of drug-likeness (QED) is 0.815. The van der Waals surface area contributed by atoms with E-state index in [1.807, 2.05) is 24.4 Å². The largest absolute Gasteiger partial charge is 0.379 e. The van der Waals surface area contributed by atoms with E-state index >= 15 is 0 Å². The first kappa shape index (κ1) is 14.4. The normalized spacial score (nSPS) is 16.0. The van der Waals surface area contributed by atoms with Crippen molar-refractivity contribution >= 4 is 17.1 Å². The first-order valence-corrected chi connectivity index (χ1v) is 7.90. The number of rotatable bonds is 4. The van der Waals surface area contributed by atoms with Crippen LogP contribution in [0, 0.1) is 0 Å². The third-order valence-corrected chi connectivity index (χ3v) is 4.75. The Morgan fingerprint density at radius 3 is 2.71 bits per heavy atom. The first-order chi connectivity index (χ1) is 10.2. The van der Waals surface area contributed by atoms with Crippen LogP contribution in [0.5, 0.6) is 0 Å². The minimum absolute atomic E-state index is 0.107. The van der Waals surface area contributed by atoms with Gasteiger partial charge >= 0.3 is 0 Å². The number of Topliss-reactive ketones (excluding diaryl/α,β-unsaturated/α-hetero) is 1. The van der Waals surface area contributed by atoms with Crippen molar-refractivity contribution in [2.24, 2.45) is 0 Å². The average Bonchev–Trinajstić information content (AvgIpc) is 2.99. The Morgan fingerprint density at radius 1 is 1.29 bits per heavy atom. The molecule has 110 valence electrons. The first-order valence-electron chi connectivity index (χ1n) is 7.08. The molecule has 1 aliphatic heterocycles. The summed E-state index contributed by atoms with van der Waals surface area (Å²) in [5.74, 6) is 0.107. The van der Waals surface area contributed by atoms with Gasteiger partial charge in [0.2, 0.25) is 0 Å². The molecule has 3 rings (SSSR count). The van der Waals surface area contributed by atoms with Crippen LogP contribution in [0.3, 0.4) is 0 Å². The van der Waals surface area contributed by atoms with Crippen molar-refractivity contribution < 1.29 is 9.53 Å². The molecule has 1 aliphatic rings. The number of hydrogen-bond acceptors (Lipinski definition) is 5. The average molecular weight is 302 g/mol. The lowest BCUT2D eigenvalue weighted by molar-refractivity contribution is 0.0341. The van der Waals surface area contributed by atoms with Crippen LogP contribution in [0.1, 0.15) is 22.2 Å². The van der Waals surface area contributed by atoms with Crippen molar-refractivity contribution in [3.05, 3.63) is 40.9 Å². The lowest BCUT2D eigenvalue weighted by Gasteiger charge is -2.26. The van der Waals surface area contributed by atoms with E-state index in [4.69, 9.17) is 4.74 Å². The zero-order valence-electron chi connectivity index (χ0n) is 12.0. The molecule has 0 aliphatic carbocycles. The molecule has 0 unspecified atom stereocenters. The lowest BCUT2D eigenvalue weighted by atomic mass is 10.2. The maximum atomic E-state index is 11.3. The molecule has 3 heterocycles. The maximum Gasteiger partial charge on any atom is 0.169 e. The van der Waals surface area contributed by atoms with E-state index in [1.54, 1.807) is 6.92 Å². The van der Waals surface area contributed by atoms with Crippen molar-refractivity contribution in [2.45, 2.75) is 13.5 Å². The number of aromatic nitrogens is 1.